The minimum absolute atomic E-state index is 0.0123. The Kier molecular flexibility index (Phi) is 5.15. The number of carbonyl (C=O) groups excluding carboxylic acids is 1. The molecule has 5 heteroatoms. The van der Waals surface area contributed by atoms with Crippen molar-refractivity contribution in [3.05, 3.63) is 18.0 Å². The summed E-state index contributed by atoms with van der Waals surface area (Å²) >= 11 is 0. The molecule has 0 bridgehead atoms. The Labute approximate surface area is 103 Å². The number of amides is 1. The lowest BCUT2D eigenvalue weighted by Gasteiger charge is -2.24. The molecule has 0 aromatic carbocycles. The van der Waals surface area contributed by atoms with Gasteiger partial charge in [0.1, 0.15) is 6.04 Å². The van der Waals surface area contributed by atoms with E-state index in [1.807, 2.05) is 11.9 Å². The van der Waals surface area contributed by atoms with Crippen LogP contribution in [0.1, 0.15) is 38.3 Å². The van der Waals surface area contributed by atoms with Crippen LogP contribution in [0.4, 0.5) is 0 Å². The van der Waals surface area contributed by atoms with E-state index in [2.05, 4.69) is 18.9 Å². The summed E-state index contributed by atoms with van der Waals surface area (Å²) in [6, 6.07) is -0.596. The van der Waals surface area contributed by atoms with Crippen LogP contribution in [0.3, 0.4) is 0 Å². The molecule has 1 heterocycles. The standard InChI is InChI=1S/C12H22N4O/c1-4-6-16(7-5-2)12(17)11(13)10-8-14-15(3)9-10/h8-9,11H,4-7,13H2,1-3H3. The topological polar surface area (TPSA) is 64.2 Å². The Bertz CT molecular complexity index is 355. The highest BCUT2D eigenvalue weighted by Crippen LogP contribution is 2.12. The highest BCUT2D eigenvalue weighted by Gasteiger charge is 2.22. The third-order valence-corrected chi connectivity index (χ3v) is 2.65. The highest BCUT2D eigenvalue weighted by atomic mass is 16.2. The molecular weight excluding hydrogens is 216 g/mol. The van der Waals surface area contributed by atoms with Gasteiger partial charge in [0.25, 0.3) is 0 Å². The molecular formula is C12H22N4O. The van der Waals surface area contributed by atoms with Crippen LogP contribution in [0.2, 0.25) is 0 Å². The summed E-state index contributed by atoms with van der Waals surface area (Å²) in [6.07, 6.45) is 5.34. The number of hydrogen-bond donors (Lipinski definition) is 1. The Morgan fingerprint density at radius 3 is 2.47 bits per heavy atom. The minimum atomic E-state index is -0.596. The lowest BCUT2D eigenvalue weighted by Crippen LogP contribution is -2.39. The summed E-state index contributed by atoms with van der Waals surface area (Å²) in [5.41, 5.74) is 6.74. The first-order valence-corrected chi connectivity index (χ1v) is 6.13. The second-order valence-corrected chi connectivity index (χ2v) is 4.25. The van der Waals surface area contributed by atoms with Gasteiger partial charge in [0.2, 0.25) is 5.91 Å². The molecule has 0 saturated carbocycles. The maximum atomic E-state index is 12.2. The number of nitrogens with zero attached hydrogens (tertiary/aromatic N) is 3. The van der Waals surface area contributed by atoms with Crippen molar-refractivity contribution < 1.29 is 4.79 Å². The smallest absolute Gasteiger partial charge is 0.244 e. The van der Waals surface area contributed by atoms with Crippen LogP contribution in [0.15, 0.2) is 12.4 Å². The fourth-order valence-electron chi connectivity index (χ4n) is 1.81. The van der Waals surface area contributed by atoms with E-state index in [1.165, 1.54) is 0 Å². The van der Waals surface area contributed by atoms with E-state index < -0.39 is 6.04 Å². The van der Waals surface area contributed by atoms with E-state index in [0.717, 1.165) is 31.5 Å². The Morgan fingerprint density at radius 1 is 1.47 bits per heavy atom. The van der Waals surface area contributed by atoms with Crippen LogP contribution in [-0.4, -0.2) is 33.7 Å². The van der Waals surface area contributed by atoms with Crippen LogP contribution in [-0.2, 0) is 11.8 Å². The molecule has 0 radical (unpaired) electrons. The van der Waals surface area contributed by atoms with Gasteiger partial charge in [-0.05, 0) is 12.8 Å². The highest BCUT2D eigenvalue weighted by molar-refractivity contribution is 5.82. The fourth-order valence-corrected chi connectivity index (χ4v) is 1.81. The lowest BCUT2D eigenvalue weighted by atomic mass is 10.1. The van der Waals surface area contributed by atoms with Crippen LogP contribution < -0.4 is 5.73 Å². The molecule has 0 fully saturated rings. The van der Waals surface area contributed by atoms with Crippen molar-refractivity contribution in [2.24, 2.45) is 12.8 Å². The zero-order chi connectivity index (χ0) is 12.8. The van der Waals surface area contributed by atoms with Crippen LogP contribution >= 0.6 is 0 Å². The number of hydrogen-bond acceptors (Lipinski definition) is 3. The van der Waals surface area contributed by atoms with Gasteiger partial charge in [-0.1, -0.05) is 13.8 Å². The van der Waals surface area contributed by atoms with Crippen molar-refractivity contribution in [3.63, 3.8) is 0 Å². The number of carbonyl (C=O) groups is 1. The van der Waals surface area contributed by atoms with Gasteiger partial charge in [0.15, 0.2) is 0 Å². The minimum Gasteiger partial charge on any atom is -0.341 e. The number of aryl methyl sites for hydroxylation is 1. The summed E-state index contributed by atoms with van der Waals surface area (Å²) in [5, 5.41) is 4.04. The van der Waals surface area contributed by atoms with E-state index in [9.17, 15) is 4.79 Å². The van der Waals surface area contributed by atoms with Crippen molar-refractivity contribution in [2.75, 3.05) is 13.1 Å². The molecule has 1 aromatic rings. The molecule has 0 aliphatic rings. The largest absolute Gasteiger partial charge is 0.341 e. The molecule has 0 spiro atoms. The molecule has 17 heavy (non-hydrogen) atoms. The zero-order valence-corrected chi connectivity index (χ0v) is 10.9. The molecule has 1 rings (SSSR count). The van der Waals surface area contributed by atoms with Gasteiger partial charge in [-0.3, -0.25) is 9.48 Å². The second-order valence-electron chi connectivity index (χ2n) is 4.25. The maximum Gasteiger partial charge on any atom is 0.244 e. The van der Waals surface area contributed by atoms with Gasteiger partial charge in [-0.15, -0.1) is 0 Å². The molecule has 2 N–H and O–H groups in total. The third kappa shape index (κ3) is 3.56. The van der Waals surface area contributed by atoms with Crippen LogP contribution in [0.5, 0.6) is 0 Å². The van der Waals surface area contributed by atoms with Gasteiger partial charge in [-0.25, -0.2) is 0 Å². The van der Waals surface area contributed by atoms with Crippen molar-refractivity contribution >= 4 is 5.91 Å². The van der Waals surface area contributed by atoms with E-state index in [4.69, 9.17) is 5.73 Å². The van der Waals surface area contributed by atoms with E-state index in [1.54, 1.807) is 17.1 Å². The first-order chi connectivity index (χ1) is 8.10. The van der Waals surface area contributed by atoms with Crippen LogP contribution in [0, 0.1) is 0 Å². The van der Waals surface area contributed by atoms with Crippen molar-refractivity contribution in [2.45, 2.75) is 32.7 Å². The number of rotatable bonds is 6. The average molecular weight is 238 g/mol. The summed E-state index contributed by atoms with van der Waals surface area (Å²) in [7, 11) is 1.82. The quantitative estimate of drug-likeness (QED) is 0.806. The maximum absolute atomic E-state index is 12.2. The molecule has 0 aliphatic heterocycles. The molecule has 0 saturated heterocycles. The Hall–Kier alpha value is -1.36. The summed E-state index contributed by atoms with van der Waals surface area (Å²) in [5.74, 6) is -0.0123. The van der Waals surface area contributed by atoms with Crippen molar-refractivity contribution in [1.82, 2.24) is 14.7 Å². The number of nitrogens with two attached hydrogens (primary N) is 1. The third-order valence-electron chi connectivity index (χ3n) is 2.65. The van der Waals surface area contributed by atoms with Crippen molar-refractivity contribution in [1.29, 1.82) is 0 Å². The SMILES string of the molecule is CCCN(CCC)C(=O)C(N)c1cnn(C)c1. The van der Waals surface area contributed by atoms with E-state index in [0.29, 0.717) is 0 Å². The predicted molar refractivity (Wildman–Crippen MR) is 67.3 cm³/mol. The molecule has 1 unspecified atom stereocenters. The first-order valence-electron chi connectivity index (χ1n) is 6.13. The summed E-state index contributed by atoms with van der Waals surface area (Å²) < 4.78 is 1.66. The van der Waals surface area contributed by atoms with Gasteiger partial charge in [0, 0.05) is 31.9 Å². The zero-order valence-electron chi connectivity index (χ0n) is 10.9. The van der Waals surface area contributed by atoms with Crippen molar-refractivity contribution in [3.8, 4) is 0 Å². The molecule has 0 aliphatic carbocycles. The first kappa shape index (κ1) is 13.7. The summed E-state index contributed by atoms with van der Waals surface area (Å²) in [4.78, 5) is 14.0. The van der Waals surface area contributed by atoms with Crippen LogP contribution in [0.25, 0.3) is 0 Å². The molecule has 5 nitrogen and oxygen atoms in total. The fraction of sp³-hybridized carbons (Fsp3) is 0.667. The monoisotopic (exact) mass is 238 g/mol. The van der Waals surface area contributed by atoms with E-state index in [-0.39, 0.29) is 5.91 Å². The van der Waals surface area contributed by atoms with Gasteiger partial charge < -0.3 is 10.6 Å². The number of aromatic nitrogens is 2. The molecule has 1 atom stereocenters. The summed E-state index contributed by atoms with van der Waals surface area (Å²) in [6.45, 7) is 5.65. The molecule has 1 amide bonds. The normalized spacial score (nSPS) is 12.5. The lowest BCUT2D eigenvalue weighted by molar-refractivity contribution is -0.132. The predicted octanol–water partition coefficient (Wildman–Crippen LogP) is 1.07. The van der Waals surface area contributed by atoms with Gasteiger partial charge in [0.05, 0.1) is 6.20 Å². The second kappa shape index (κ2) is 6.39. The molecule has 1 aromatic heterocycles. The van der Waals surface area contributed by atoms with E-state index >= 15 is 0 Å². The van der Waals surface area contributed by atoms with Gasteiger partial charge in [-0.2, -0.15) is 5.10 Å². The Balaban J connectivity index is 2.72. The van der Waals surface area contributed by atoms with Gasteiger partial charge >= 0.3 is 0 Å². The Morgan fingerprint density at radius 2 is 2.06 bits per heavy atom. The molecule has 96 valence electrons. The average Bonchev–Trinajstić information content (AvgIpc) is 2.73.